The van der Waals surface area contributed by atoms with E-state index in [4.69, 9.17) is 4.74 Å². The summed E-state index contributed by atoms with van der Waals surface area (Å²) in [6.07, 6.45) is 0.978. The Hall–Kier alpha value is -1.55. The van der Waals surface area contributed by atoms with Gasteiger partial charge in [0.2, 0.25) is 0 Å². The molecule has 2 atom stereocenters. The van der Waals surface area contributed by atoms with Gasteiger partial charge in [-0.3, -0.25) is 4.79 Å². The van der Waals surface area contributed by atoms with Gasteiger partial charge >= 0.3 is 0 Å². The molecule has 1 aromatic rings. The van der Waals surface area contributed by atoms with Crippen molar-refractivity contribution >= 4 is 5.91 Å². The van der Waals surface area contributed by atoms with Gasteiger partial charge in [-0.15, -0.1) is 0 Å². The van der Waals surface area contributed by atoms with Gasteiger partial charge in [-0.05, 0) is 45.0 Å². The van der Waals surface area contributed by atoms with Crippen molar-refractivity contribution in [2.24, 2.45) is 0 Å². The van der Waals surface area contributed by atoms with Crippen molar-refractivity contribution in [3.63, 3.8) is 0 Å². The highest BCUT2D eigenvalue weighted by Crippen LogP contribution is 2.17. The minimum atomic E-state index is -0.0931. The molecule has 0 unspecified atom stereocenters. The van der Waals surface area contributed by atoms with Gasteiger partial charge in [0.25, 0.3) is 5.91 Å². The minimum Gasteiger partial charge on any atom is -0.497 e. The Labute approximate surface area is 121 Å². The lowest BCUT2D eigenvalue weighted by Crippen LogP contribution is -2.92. The van der Waals surface area contributed by atoms with Crippen molar-refractivity contribution in [1.29, 1.82) is 0 Å². The zero-order valence-corrected chi connectivity index (χ0v) is 13.1. The third-order valence-corrected chi connectivity index (χ3v) is 3.35. The molecule has 112 valence electrons. The molecule has 3 N–H and O–H groups in total. The number of benzene rings is 1. The summed E-state index contributed by atoms with van der Waals surface area (Å²) in [5.41, 5.74) is 1.22. The van der Waals surface area contributed by atoms with E-state index in [-0.39, 0.29) is 24.0 Å². The van der Waals surface area contributed by atoms with Crippen molar-refractivity contribution in [1.82, 2.24) is 5.32 Å². The third-order valence-electron chi connectivity index (χ3n) is 3.35. The molecule has 0 aliphatic heterocycles. The van der Waals surface area contributed by atoms with Gasteiger partial charge in [0, 0.05) is 18.0 Å². The maximum atomic E-state index is 12.0. The number of amides is 1. The maximum Gasteiger partial charge on any atom is 0.278 e. The third kappa shape index (κ3) is 4.85. The first-order valence-electron chi connectivity index (χ1n) is 7.27. The van der Waals surface area contributed by atoms with Gasteiger partial charge in [0.1, 0.15) is 11.8 Å². The van der Waals surface area contributed by atoms with E-state index in [2.05, 4.69) is 29.7 Å². The van der Waals surface area contributed by atoms with Crippen LogP contribution in [0, 0.1) is 0 Å². The predicted molar refractivity (Wildman–Crippen MR) is 80.7 cm³/mol. The van der Waals surface area contributed by atoms with E-state index in [1.165, 1.54) is 5.56 Å². The second-order valence-electron chi connectivity index (χ2n) is 5.43. The van der Waals surface area contributed by atoms with Gasteiger partial charge in [-0.1, -0.05) is 6.92 Å². The van der Waals surface area contributed by atoms with Crippen molar-refractivity contribution < 1.29 is 14.8 Å². The van der Waals surface area contributed by atoms with E-state index >= 15 is 0 Å². The number of carbonyl (C=O) groups excluding carboxylic acids is 1. The molecule has 0 aliphatic carbocycles. The number of rotatable bonds is 7. The van der Waals surface area contributed by atoms with E-state index < -0.39 is 0 Å². The summed E-state index contributed by atoms with van der Waals surface area (Å²) < 4.78 is 5.17. The Morgan fingerprint density at radius 3 is 2.30 bits per heavy atom. The van der Waals surface area contributed by atoms with E-state index in [0.717, 1.165) is 12.2 Å². The Bertz CT molecular complexity index is 415. The van der Waals surface area contributed by atoms with Crippen molar-refractivity contribution in [3.8, 4) is 5.75 Å². The smallest absolute Gasteiger partial charge is 0.278 e. The highest BCUT2D eigenvalue weighted by atomic mass is 16.5. The zero-order chi connectivity index (χ0) is 15.1. The maximum absolute atomic E-state index is 12.0. The fourth-order valence-corrected chi connectivity index (χ4v) is 2.19. The molecule has 1 rings (SSSR count). The molecule has 0 radical (unpaired) electrons. The lowest BCUT2D eigenvalue weighted by Gasteiger charge is -2.20. The summed E-state index contributed by atoms with van der Waals surface area (Å²) in [6.45, 7) is 8.04. The van der Waals surface area contributed by atoms with Crippen LogP contribution < -0.4 is 15.4 Å². The topological polar surface area (TPSA) is 54.9 Å². The largest absolute Gasteiger partial charge is 0.497 e. The zero-order valence-electron chi connectivity index (χ0n) is 13.1. The summed E-state index contributed by atoms with van der Waals surface area (Å²) in [5, 5.41) is 5.08. The Kier molecular flexibility index (Phi) is 6.52. The molecule has 0 bridgehead atoms. The highest BCUT2D eigenvalue weighted by Gasteiger charge is 2.22. The first kappa shape index (κ1) is 16.5. The minimum absolute atomic E-state index is 0.0898. The van der Waals surface area contributed by atoms with Crippen LogP contribution in [-0.2, 0) is 4.79 Å². The van der Waals surface area contributed by atoms with Gasteiger partial charge in [-0.2, -0.15) is 0 Å². The summed E-state index contributed by atoms with van der Waals surface area (Å²) in [5.74, 6) is 0.946. The number of hydrogen-bond acceptors (Lipinski definition) is 2. The van der Waals surface area contributed by atoms with Crippen molar-refractivity contribution in [2.45, 2.75) is 52.2 Å². The van der Waals surface area contributed by atoms with Crippen LogP contribution in [0.4, 0.5) is 0 Å². The van der Waals surface area contributed by atoms with E-state index in [9.17, 15) is 4.79 Å². The molecular weight excluding hydrogens is 252 g/mol. The Morgan fingerprint density at radius 1 is 1.25 bits per heavy atom. The van der Waals surface area contributed by atoms with Gasteiger partial charge in [-0.25, -0.2) is 0 Å². The van der Waals surface area contributed by atoms with Crippen LogP contribution in [0.25, 0.3) is 0 Å². The average molecular weight is 279 g/mol. The number of quaternary nitrogens is 1. The number of carbonyl (C=O) groups is 1. The number of methoxy groups -OCH3 is 1. The predicted octanol–water partition coefficient (Wildman–Crippen LogP) is 1.62. The van der Waals surface area contributed by atoms with Crippen molar-refractivity contribution in [3.05, 3.63) is 29.8 Å². The molecule has 0 heterocycles. The van der Waals surface area contributed by atoms with Crippen LogP contribution in [0.5, 0.6) is 5.75 Å². The number of hydrogen-bond donors (Lipinski definition) is 2. The van der Waals surface area contributed by atoms with Gasteiger partial charge in [0.05, 0.1) is 7.11 Å². The molecule has 1 aromatic carbocycles. The molecule has 0 aromatic heterocycles. The molecule has 20 heavy (non-hydrogen) atoms. The van der Waals surface area contributed by atoms with E-state index in [1.54, 1.807) is 7.11 Å². The lowest BCUT2D eigenvalue weighted by atomic mass is 10.0. The average Bonchev–Trinajstić information content (AvgIpc) is 2.43. The fraction of sp³-hybridized carbons (Fsp3) is 0.562. The summed E-state index contributed by atoms with van der Waals surface area (Å²) in [7, 11) is 1.66. The van der Waals surface area contributed by atoms with Gasteiger partial charge in [0.15, 0.2) is 6.04 Å². The number of nitrogens with two attached hydrogens (primary N) is 1. The fourth-order valence-electron chi connectivity index (χ4n) is 2.19. The SMILES string of the molecule is CC[C@H]([NH2+][C@H](C)C(=O)NC(C)C)c1ccc(OC)cc1. The number of ether oxygens (including phenoxy) is 1. The molecule has 0 saturated heterocycles. The second kappa shape index (κ2) is 7.90. The van der Waals surface area contributed by atoms with Crippen LogP contribution in [0.2, 0.25) is 0 Å². The second-order valence-corrected chi connectivity index (χ2v) is 5.43. The van der Waals surface area contributed by atoms with Gasteiger partial charge < -0.3 is 15.4 Å². The lowest BCUT2D eigenvalue weighted by molar-refractivity contribution is -0.713. The van der Waals surface area contributed by atoms with Crippen LogP contribution in [0.3, 0.4) is 0 Å². The van der Waals surface area contributed by atoms with Crippen LogP contribution >= 0.6 is 0 Å². The first-order chi connectivity index (χ1) is 9.47. The van der Waals surface area contributed by atoms with E-state index in [1.807, 2.05) is 32.9 Å². The summed E-state index contributed by atoms with van der Waals surface area (Å²) in [4.78, 5) is 12.0. The van der Waals surface area contributed by atoms with Crippen LogP contribution in [0.15, 0.2) is 24.3 Å². The molecule has 1 amide bonds. The normalized spacial score (nSPS) is 13.9. The number of nitrogens with one attached hydrogen (secondary N) is 1. The van der Waals surface area contributed by atoms with Crippen molar-refractivity contribution in [2.75, 3.05) is 7.11 Å². The molecule has 0 saturated carbocycles. The molecule has 4 nitrogen and oxygen atoms in total. The molecular formula is C16H27N2O2+. The molecule has 0 aliphatic rings. The summed E-state index contributed by atoms with van der Waals surface area (Å²) >= 11 is 0. The van der Waals surface area contributed by atoms with E-state index in [0.29, 0.717) is 0 Å². The quantitative estimate of drug-likeness (QED) is 0.797. The monoisotopic (exact) mass is 279 g/mol. The summed E-state index contributed by atoms with van der Waals surface area (Å²) in [6, 6.07) is 8.43. The molecule has 0 spiro atoms. The Morgan fingerprint density at radius 2 is 1.85 bits per heavy atom. The van der Waals surface area contributed by atoms with Crippen LogP contribution in [-0.4, -0.2) is 25.1 Å². The standard InChI is InChI=1S/C16H26N2O2/c1-6-15(13-7-9-14(20-5)10-8-13)18-12(4)16(19)17-11(2)3/h7-12,15,18H,6H2,1-5H3,(H,17,19)/p+1/t12-,15+/m1/s1. The van der Waals surface area contributed by atoms with Crippen LogP contribution in [0.1, 0.15) is 45.7 Å². The first-order valence-corrected chi connectivity index (χ1v) is 7.27. The molecule has 4 heteroatoms. The Balaban J connectivity index is 2.68. The molecule has 0 fully saturated rings. The highest BCUT2D eigenvalue weighted by molar-refractivity contribution is 5.80.